The van der Waals surface area contributed by atoms with E-state index in [1.807, 2.05) is 30.3 Å². The molecule has 1 aliphatic heterocycles. The average Bonchev–Trinajstić information content (AvgIpc) is 2.51. The molecule has 0 spiro atoms. The topological polar surface area (TPSA) is 41.6 Å². The van der Waals surface area contributed by atoms with Gasteiger partial charge >= 0.3 is 0 Å². The van der Waals surface area contributed by atoms with Crippen molar-refractivity contribution in [3.8, 4) is 0 Å². The van der Waals surface area contributed by atoms with E-state index in [0.717, 1.165) is 18.8 Å². The van der Waals surface area contributed by atoms with Crippen molar-refractivity contribution < 1.29 is 0 Å². The molecule has 3 heteroatoms. The number of nitrogens with zero attached hydrogens (tertiary/aromatic N) is 2. The third-order valence-electron chi connectivity index (χ3n) is 3.66. The van der Waals surface area contributed by atoms with Gasteiger partial charge in [0, 0.05) is 13.1 Å². The van der Waals surface area contributed by atoms with E-state index in [4.69, 9.17) is 5.73 Å². The second kappa shape index (κ2) is 5.42. The second-order valence-corrected chi connectivity index (χ2v) is 5.81. The molecule has 0 radical (unpaired) electrons. The van der Waals surface area contributed by atoms with Gasteiger partial charge in [0.25, 0.3) is 0 Å². The fourth-order valence-electron chi connectivity index (χ4n) is 2.36. The Bertz CT molecular complexity index is 409. The first-order chi connectivity index (χ1) is 8.57. The fourth-order valence-corrected chi connectivity index (χ4v) is 2.36. The highest BCUT2D eigenvalue weighted by Gasteiger charge is 2.23. The molecule has 0 atom stereocenters. The molecule has 1 saturated heterocycles. The lowest BCUT2D eigenvalue weighted by Gasteiger charge is -2.23. The number of aliphatic imine (C=N–C) groups is 1. The van der Waals surface area contributed by atoms with Gasteiger partial charge < -0.3 is 10.6 Å². The molecule has 0 aliphatic carbocycles. The van der Waals surface area contributed by atoms with E-state index in [1.165, 1.54) is 19.3 Å². The van der Waals surface area contributed by atoms with Gasteiger partial charge in [-0.1, -0.05) is 32.0 Å². The van der Waals surface area contributed by atoms with Crippen molar-refractivity contribution in [2.45, 2.75) is 33.1 Å². The number of benzene rings is 1. The maximum absolute atomic E-state index is 6.11. The molecule has 0 amide bonds. The normalized spacial score (nSPS) is 20.6. The summed E-state index contributed by atoms with van der Waals surface area (Å²) in [5, 5.41) is 0. The van der Waals surface area contributed by atoms with Gasteiger partial charge in [0.2, 0.25) is 0 Å². The van der Waals surface area contributed by atoms with Crippen LogP contribution in [0.15, 0.2) is 35.3 Å². The van der Waals surface area contributed by atoms with E-state index >= 15 is 0 Å². The lowest BCUT2D eigenvalue weighted by Crippen LogP contribution is -2.38. The SMILES string of the molecule is CC1(C)CCCN(C(N)=Nc2ccccc2)CC1. The molecular formula is C15H23N3. The van der Waals surface area contributed by atoms with Gasteiger partial charge in [0.1, 0.15) is 0 Å². The van der Waals surface area contributed by atoms with Crippen LogP contribution in [0.3, 0.4) is 0 Å². The van der Waals surface area contributed by atoms with E-state index < -0.39 is 0 Å². The van der Waals surface area contributed by atoms with Crippen LogP contribution in [0, 0.1) is 5.41 Å². The number of nitrogens with two attached hydrogens (primary N) is 1. The van der Waals surface area contributed by atoms with Gasteiger partial charge in [-0.05, 0) is 36.8 Å². The van der Waals surface area contributed by atoms with E-state index in [2.05, 4.69) is 23.7 Å². The predicted molar refractivity (Wildman–Crippen MR) is 76.9 cm³/mol. The van der Waals surface area contributed by atoms with Crippen molar-refractivity contribution in [3.63, 3.8) is 0 Å². The molecule has 0 bridgehead atoms. The standard InChI is InChI=1S/C15H23N3/c1-15(2)9-6-11-18(12-10-15)14(16)17-13-7-4-3-5-8-13/h3-5,7-8H,6,9-12H2,1-2H3,(H2,16,17). The third kappa shape index (κ3) is 3.49. The Kier molecular flexibility index (Phi) is 3.90. The van der Waals surface area contributed by atoms with E-state index in [-0.39, 0.29) is 0 Å². The molecule has 1 aliphatic rings. The van der Waals surface area contributed by atoms with Gasteiger partial charge in [-0.15, -0.1) is 0 Å². The molecule has 1 aromatic rings. The number of rotatable bonds is 1. The van der Waals surface area contributed by atoms with Gasteiger partial charge in [0.15, 0.2) is 5.96 Å². The second-order valence-electron chi connectivity index (χ2n) is 5.81. The summed E-state index contributed by atoms with van der Waals surface area (Å²) >= 11 is 0. The summed E-state index contributed by atoms with van der Waals surface area (Å²) in [7, 11) is 0. The predicted octanol–water partition coefficient (Wildman–Crippen LogP) is 3.14. The van der Waals surface area contributed by atoms with Crippen LogP contribution in [0.2, 0.25) is 0 Å². The molecule has 0 saturated carbocycles. The number of guanidine groups is 1. The summed E-state index contributed by atoms with van der Waals surface area (Å²) in [6, 6.07) is 9.92. The summed E-state index contributed by atoms with van der Waals surface area (Å²) in [4.78, 5) is 6.70. The molecule has 1 heterocycles. The van der Waals surface area contributed by atoms with Crippen molar-refractivity contribution in [3.05, 3.63) is 30.3 Å². The Balaban J connectivity index is 2.05. The average molecular weight is 245 g/mol. The van der Waals surface area contributed by atoms with Crippen LogP contribution in [0.1, 0.15) is 33.1 Å². The van der Waals surface area contributed by atoms with E-state index in [1.54, 1.807) is 0 Å². The first kappa shape index (κ1) is 12.9. The van der Waals surface area contributed by atoms with Crippen molar-refractivity contribution >= 4 is 11.6 Å². The fraction of sp³-hybridized carbons (Fsp3) is 0.533. The van der Waals surface area contributed by atoms with Crippen molar-refractivity contribution in [1.82, 2.24) is 4.90 Å². The Hall–Kier alpha value is -1.51. The molecule has 98 valence electrons. The van der Waals surface area contributed by atoms with Gasteiger partial charge in [-0.2, -0.15) is 0 Å². The van der Waals surface area contributed by atoms with Crippen molar-refractivity contribution in [2.24, 2.45) is 16.1 Å². The van der Waals surface area contributed by atoms with Gasteiger partial charge in [-0.3, -0.25) is 0 Å². The molecule has 18 heavy (non-hydrogen) atoms. The third-order valence-corrected chi connectivity index (χ3v) is 3.66. The minimum atomic E-state index is 0.432. The Morgan fingerprint density at radius 1 is 1.17 bits per heavy atom. The zero-order valence-corrected chi connectivity index (χ0v) is 11.4. The summed E-state index contributed by atoms with van der Waals surface area (Å²) in [6.45, 7) is 6.70. The monoisotopic (exact) mass is 245 g/mol. The first-order valence-corrected chi connectivity index (χ1v) is 6.71. The molecular weight excluding hydrogens is 222 g/mol. The van der Waals surface area contributed by atoms with Crippen LogP contribution < -0.4 is 5.73 Å². The molecule has 0 unspecified atom stereocenters. The van der Waals surface area contributed by atoms with Crippen LogP contribution in [0.5, 0.6) is 0 Å². The van der Waals surface area contributed by atoms with Crippen molar-refractivity contribution in [1.29, 1.82) is 0 Å². The molecule has 2 N–H and O–H groups in total. The van der Waals surface area contributed by atoms with Crippen LogP contribution in [-0.4, -0.2) is 23.9 Å². The van der Waals surface area contributed by atoms with Crippen LogP contribution in [0.25, 0.3) is 0 Å². The highest BCUT2D eigenvalue weighted by Crippen LogP contribution is 2.29. The molecule has 0 aromatic heterocycles. The lowest BCUT2D eigenvalue weighted by atomic mass is 9.85. The molecule has 2 rings (SSSR count). The van der Waals surface area contributed by atoms with Crippen LogP contribution >= 0.6 is 0 Å². The first-order valence-electron chi connectivity index (χ1n) is 6.71. The Labute approximate surface area is 110 Å². The van der Waals surface area contributed by atoms with Crippen LogP contribution in [0.4, 0.5) is 5.69 Å². The zero-order chi connectivity index (χ0) is 13.0. The number of para-hydroxylation sites is 1. The van der Waals surface area contributed by atoms with Gasteiger partial charge in [-0.25, -0.2) is 4.99 Å². The number of likely N-dealkylation sites (tertiary alicyclic amines) is 1. The van der Waals surface area contributed by atoms with E-state index in [0.29, 0.717) is 11.4 Å². The summed E-state index contributed by atoms with van der Waals surface area (Å²) in [6.07, 6.45) is 3.64. The summed E-state index contributed by atoms with van der Waals surface area (Å²) in [5.41, 5.74) is 7.48. The maximum Gasteiger partial charge on any atom is 0.196 e. The Morgan fingerprint density at radius 2 is 1.89 bits per heavy atom. The summed E-state index contributed by atoms with van der Waals surface area (Å²) in [5.74, 6) is 0.652. The lowest BCUT2D eigenvalue weighted by molar-refractivity contribution is 0.313. The zero-order valence-electron chi connectivity index (χ0n) is 11.4. The van der Waals surface area contributed by atoms with Gasteiger partial charge in [0.05, 0.1) is 5.69 Å². The molecule has 3 nitrogen and oxygen atoms in total. The smallest absolute Gasteiger partial charge is 0.196 e. The minimum Gasteiger partial charge on any atom is -0.369 e. The highest BCUT2D eigenvalue weighted by atomic mass is 15.2. The Morgan fingerprint density at radius 3 is 2.61 bits per heavy atom. The van der Waals surface area contributed by atoms with Crippen molar-refractivity contribution in [2.75, 3.05) is 13.1 Å². The van der Waals surface area contributed by atoms with E-state index in [9.17, 15) is 0 Å². The largest absolute Gasteiger partial charge is 0.369 e. The van der Waals surface area contributed by atoms with Crippen LogP contribution in [-0.2, 0) is 0 Å². The molecule has 1 aromatic carbocycles. The number of hydrogen-bond acceptors (Lipinski definition) is 1. The molecule has 1 fully saturated rings. The number of hydrogen-bond donors (Lipinski definition) is 1. The summed E-state index contributed by atoms with van der Waals surface area (Å²) < 4.78 is 0. The quantitative estimate of drug-likeness (QED) is 0.610. The maximum atomic E-state index is 6.11. The minimum absolute atomic E-state index is 0.432. The highest BCUT2D eigenvalue weighted by molar-refractivity contribution is 5.81.